The lowest BCUT2D eigenvalue weighted by molar-refractivity contribution is -0.128. The van der Waals surface area contributed by atoms with Crippen molar-refractivity contribution >= 4 is 11.9 Å². The van der Waals surface area contributed by atoms with Gasteiger partial charge in [-0.1, -0.05) is 0 Å². The number of piperidine rings is 1. The minimum Gasteiger partial charge on any atom is -0.349 e. The Morgan fingerprint density at radius 1 is 1.24 bits per heavy atom. The van der Waals surface area contributed by atoms with E-state index in [4.69, 9.17) is 5.73 Å². The second-order valence-corrected chi connectivity index (χ2v) is 6.82. The average molecular weight is 296 g/mol. The molecule has 2 aliphatic rings. The van der Waals surface area contributed by atoms with Crippen molar-refractivity contribution in [1.82, 2.24) is 15.1 Å². The van der Waals surface area contributed by atoms with Crippen molar-refractivity contribution in [2.45, 2.75) is 38.1 Å². The van der Waals surface area contributed by atoms with Gasteiger partial charge in [0.05, 0.1) is 5.54 Å². The van der Waals surface area contributed by atoms with E-state index in [1.807, 2.05) is 11.8 Å². The summed E-state index contributed by atoms with van der Waals surface area (Å²) < 4.78 is 0. The number of nitrogens with one attached hydrogen (secondary N) is 1. The Bertz CT molecular complexity index is 400. The van der Waals surface area contributed by atoms with Crippen LogP contribution < -0.4 is 11.1 Å². The molecule has 0 radical (unpaired) electrons. The lowest BCUT2D eigenvalue weighted by atomic mass is 9.91. The summed E-state index contributed by atoms with van der Waals surface area (Å²) in [5, 5.41) is 3.16. The smallest absolute Gasteiger partial charge is 0.319 e. The highest BCUT2D eigenvalue weighted by Crippen LogP contribution is 2.39. The molecule has 1 heterocycles. The van der Waals surface area contributed by atoms with E-state index in [1.165, 1.54) is 0 Å². The van der Waals surface area contributed by atoms with Gasteiger partial charge in [0.15, 0.2) is 0 Å². The number of likely N-dealkylation sites (tertiary alicyclic amines) is 1. The molecule has 1 aliphatic carbocycles. The predicted octanol–water partition coefficient (Wildman–Crippen LogP) is 0.624. The van der Waals surface area contributed by atoms with E-state index in [0.29, 0.717) is 25.6 Å². The van der Waals surface area contributed by atoms with Crippen LogP contribution in [0.3, 0.4) is 0 Å². The summed E-state index contributed by atoms with van der Waals surface area (Å²) in [5.74, 6) is 0.634. The van der Waals surface area contributed by atoms with Gasteiger partial charge in [0.25, 0.3) is 0 Å². The first-order valence-corrected chi connectivity index (χ1v) is 7.85. The van der Waals surface area contributed by atoms with Gasteiger partial charge in [-0.25, -0.2) is 4.79 Å². The van der Waals surface area contributed by atoms with Gasteiger partial charge in [-0.05, 0) is 38.5 Å². The first kappa shape index (κ1) is 16.1. The van der Waals surface area contributed by atoms with Crippen LogP contribution in [0.4, 0.5) is 4.79 Å². The fourth-order valence-corrected chi connectivity index (χ4v) is 3.04. The highest BCUT2D eigenvalue weighted by molar-refractivity contribution is 5.80. The molecule has 1 unspecified atom stereocenters. The zero-order valence-electron chi connectivity index (χ0n) is 13.4. The second-order valence-electron chi connectivity index (χ2n) is 6.82. The molecule has 0 spiro atoms. The van der Waals surface area contributed by atoms with E-state index in [0.717, 1.165) is 25.7 Å². The molecule has 21 heavy (non-hydrogen) atoms. The predicted molar refractivity (Wildman–Crippen MR) is 81.7 cm³/mol. The van der Waals surface area contributed by atoms with Crippen molar-refractivity contribution in [3.8, 4) is 0 Å². The first-order valence-electron chi connectivity index (χ1n) is 7.85. The van der Waals surface area contributed by atoms with Crippen LogP contribution >= 0.6 is 0 Å². The quantitative estimate of drug-likeness (QED) is 0.798. The van der Waals surface area contributed by atoms with E-state index in [1.54, 1.807) is 19.0 Å². The standard InChI is InChI=1S/C15H28N4O2/c1-15(10-16,12-4-5-12)17-13(20)11-6-8-19(9-7-11)14(21)18(2)3/h11-12H,4-10,16H2,1-3H3,(H,17,20). The highest BCUT2D eigenvalue weighted by atomic mass is 16.2. The van der Waals surface area contributed by atoms with Crippen molar-refractivity contribution in [2.24, 2.45) is 17.6 Å². The van der Waals surface area contributed by atoms with Gasteiger partial charge in [0.2, 0.25) is 5.91 Å². The fraction of sp³-hybridized carbons (Fsp3) is 0.867. The Hall–Kier alpha value is -1.30. The van der Waals surface area contributed by atoms with Gasteiger partial charge in [0, 0.05) is 39.6 Å². The second kappa shape index (κ2) is 6.22. The lowest BCUT2D eigenvalue weighted by Gasteiger charge is -2.36. The van der Waals surface area contributed by atoms with Crippen molar-refractivity contribution in [3.63, 3.8) is 0 Å². The number of hydrogen-bond acceptors (Lipinski definition) is 3. The van der Waals surface area contributed by atoms with Gasteiger partial charge >= 0.3 is 6.03 Å². The molecule has 0 aromatic heterocycles. The lowest BCUT2D eigenvalue weighted by Crippen LogP contribution is -2.56. The highest BCUT2D eigenvalue weighted by Gasteiger charge is 2.42. The molecule has 1 atom stereocenters. The third-order valence-corrected chi connectivity index (χ3v) is 4.83. The monoisotopic (exact) mass is 296 g/mol. The third-order valence-electron chi connectivity index (χ3n) is 4.83. The number of carbonyl (C=O) groups excluding carboxylic acids is 2. The maximum absolute atomic E-state index is 12.4. The molecule has 2 rings (SSSR count). The van der Waals surface area contributed by atoms with Crippen LogP contribution in [0.15, 0.2) is 0 Å². The number of amides is 3. The molecule has 0 aromatic rings. The molecule has 120 valence electrons. The van der Waals surface area contributed by atoms with Gasteiger partial charge in [-0.3, -0.25) is 4.79 Å². The van der Waals surface area contributed by atoms with Crippen LogP contribution in [0.5, 0.6) is 0 Å². The summed E-state index contributed by atoms with van der Waals surface area (Å²) in [7, 11) is 3.51. The Kier molecular flexibility index (Phi) is 4.76. The normalized spacial score (nSPS) is 22.6. The SMILES string of the molecule is CN(C)C(=O)N1CCC(C(=O)NC(C)(CN)C2CC2)CC1. The zero-order chi connectivity index (χ0) is 15.6. The Morgan fingerprint density at radius 2 is 1.81 bits per heavy atom. The van der Waals surface area contributed by atoms with Crippen molar-refractivity contribution < 1.29 is 9.59 Å². The number of nitrogens with two attached hydrogens (primary N) is 1. The first-order chi connectivity index (χ1) is 9.87. The van der Waals surface area contributed by atoms with E-state index >= 15 is 0 Å². The van der Waals surface area contributed by atoms with Crippen LogP contribution in [0.2, 0.25) is 0 Å². The van der Waals surface area contributed by atoms with Crippen LogP contribution in [0, 0.1) is 11.8 Å². The summed E-state index contributed by atoms with van der Waals surface area (Å²) in [6.45, 7) is 3.84. The Labute approximate surface area is 127 Å². The van der Waals surface area contributed by atoms with E-state index in [2.05, 4.69) is 5.32 Å². The summed E-state index contributed by atoms with van der Waals surface area (Å²) in [5.41, 5.74) is 5.59. The molecule has 6 nitrogen and oxygen atoms in total. The third kappa shape index (κ3) is 3.67. The maximum atomic E-state index is 12.4. The number of urea groups is 1. The molecule has 0 aromatic carbocycles. The Balaban J connectivity index is 1.84. The topological polar surface area (TPSA) is 78.7 Å². The molecular formula is C15H28N4O2. The molecule has 0 bridgehead atoms. The van der Waals surface area contributed by atoms with Gasteiger partial charge in [0.1, 0.15) is 0 Å². The van der Waals surface area contributed by atoms with Crippen LogP contribution in [0.25, 0.3) is 0 Å². The van der Waals surface area contributed by atoms with E-state index in [-0.39, 0.29) is 23.4 Å². The minimum absolute atomic E-state index is 0.000775. The van der Waals surface area contributed by atoms with Crippen LogP contribution in [0.1, 0.15) is 32.6 Å². The van der Waals surface area contributed by atoms with Crippen molar-refractivity contribution in [3.05, 3.63) is 0 Å². The summed E-state index contributed by atoms with van der Waals surface area (Å²) in [6.07, 6.45) is 3.78. The summed E-state index contributed by atoms with van der Waals surface area (Å²) in [4.78, 5) is 27.7. The average Bonchev–Trinajstić information content (AvgIpc) is 3.31. The van der Waals surface area contributed by atoms with E-state index in [9.17, 15) is 9.59 Å². The van der Waals surface area contributed by atoms with Crippen molar-refractivity contribution in [2.75, 3.05) is 33.7 Å². The van der Waals surface area contributed by atoms with Gasteiger partial charge in [-0.15, -0.1) is 0 Å². The molecule has 1 aliphatic heterocycles. The fourth-order valence-electron chi connectivity index (χ4n) is 3.04. The minimum atomic E-state index is -0.256. The van der Waals surface area contributed by atoms with Crippen molar-refractivity contribution in [1.29, 1.82) is 0 Å². The number of rotatable bonds is 4. The molecule has 1 saturated heterocycles. The molecule has 1 saturated carbocycles. The largest absolute Gasteiger partial charge is 0.349 e. The maximum Gasteiger partial charge on any atom is 0.319 e. The molecule has 3 N–H and O–H groups in total. The molecule has 3 amide bonds. The number of nitrogens with zero attached hydrogens (tertiary/aromatic N) is 2. The molecular weight excluding hydrogens is 268 g/mol. The number of hydrogen-bond donors (Lipinski definition) is 2. The van der Waals surface area contributed by atoms with Gasteiger partial charge < -0.3 is 20.9 Å². The zero-order valence-corrected chi connectivity index (χ0v) is 13.4. The Morgan fingerprint density at radius 3 is 2.24 bits per heavy atom. The number of carbonyl (C=O) groups is 2. The van der Waals surface area contributed by atoms with Gasteiger partial charge in [-0.2, -0.15) is 0 Å². The summed E-state index contributed by atoms with van der Waals surface area (Å²) >= 11 is 0. The van der Waals surface area contributed by atoms with Crippen LogP contribution in [-0.4, -0.2) is 61.0 Å². The van der Waals surface area contributed by atoms with Crippen LogP contribution in [-0.2, 0) is 4.79 Å². The summed E-state index contributed by atoms with van der Waals surface area (Å²) in [6, 6.07) is 0.0265. The molecule has 2 fully saturated rings. The molecule has 6 heteroatoms. The van der Waals surface area contributed by atoms with E-state index < -0.39 is 0 Å².